The van der Waals surface area contributed by atoms with E-state index in [4.69, 9.17) is 18.9 Å². The largest absolute Gasteiger partial charge is 0.543 e. The van der Waals surface area contributed by atoms with Crippen molar-refractivity contribution in [2.45, 2.75) is 5.92 Å². The van der Waals surface area contributed by atoms with Gasteiger partial charge in [0.15, 0.2) is 11.5 Å². The van der Waals surface area contributed by atoms with Gasteiger partial charge in [0.2, 0.25) is 0 Å². The minimum absolute atomic E-state index is 0.219. The van der Waals surface area contributed by atoms with Gasteiger partial charge in [-0.3, -0.25) is 4.72 Å². The molecule has 11 nitrogen and oxygen atoms in total. The zero-order valence-corrected chi connectivity index (χ0v) is 19.6. The molecule has 0 fully saturated rings. The SMILES string of the molecule is COc1cc(OC)c(/C=C/S(=O)(=O)Nc2ccc(OC)c(OC(=O)C(F)(F)C(=O)[O-])c2)c(OC)c1. The fourth-order valence-corrected chi connectivity index (χ4v) is 3.46. The van der Waals surface area contributed by atoms with Gasteiger partial charge in [-0.2, -0.15) is 8.78 Å². The Bertz CT molecular complexity index is 1220. The highest BCUT2D eigenvalue weighted by atomic mass is 32.2. The molecule has 0 spiro atoms. The first kappa shape index (κ1) is 27.2. The standard InChI is InChI=1S/C21H21F2NO10S/c1-30-13-10-16(32-3)14(17(11-13)33-4)7-8-35(28,29)24-12-5-6-15(31-2)18(9-12)34-20(27)21(22,23)19(25)26/h5-11,24H,1-4H3,(H,25,26)/p-1/b8-7+. The molecule has 0 aliphatic heterocycles. The summed E-state index contributed by atoms with van der Waals surface area (Å²) in [6.45, 7) is 0. The number of anilines is 1. The average molecular weight is 516 g/mol. The number of hydrogen-bond acceptors (Lipinski definition) is 10. The summed E-state index contributed by atoms with van der Waals surface area (Å²) in [5, 5.41) is 11.2. The van der Waals surface area contributed by atoms with Crippen LogP contribution in [0.3, 0.4) is 0 Å². The fourth-order valence-electron chi connectivity index (χ4n) is 2.62. The molecule has 0 bridgehead atoms. The number of halogens is 2. The van der Waals surface area contributed by atoms with Crippen molar-refractivity contribution in [3.63, 3.8) is 0 Å². The number of carboxylic acid groups (broad SMARTS) is 1. The third-order valence-corrected chi connectivity index (χ3v) is 5.32. The van der Waals surface area contributed by atoms with E-state index in [1.165, 1.54) is 45.6 Å². The monoisotopic (exact) mass is 516 g/mol. The van der Waals surface area contributed by atoms with E-state index in [9.17, 15) is 31.9 Å². The van der Waals surface area contributed by atoms with Crippen LogP contribution in [0.15, 0.2) is 35.7 Å². The van der Waals surface area contributed by atoms with E-state index < -0.39 is 33.6 Å². The summed E-state index contributed by atoms with van der Waals surface area (Å²) in [6, 6.07) is 6.16. The van der Waals surface area contributed by atoms with Crippen molar-refractivity contribution < 1.29 is 55.6 Å². The summed E-state index contributed by atoms with van der Waals surface area (Å²) in [6.07, 6.45) is 1.18. The van der Waals surface area contributed by atoms with E-state index in [2.05, 4.69) is 9.46 Å². The number of alkyl halides is 2. The number of ether oxygens (including phenoxy) is 5. The van der Waals surface area contributed by atoms with Crippen LogP contribution in [-0.2, 0) is 19.6 Å². The van der Waals surface area contributed by atoms with Crippen LogP contribution in [0.2, 0.25) is 0 Å². The Balaban J connectivity index is 2.35. The molecule has 0 unspecified atom stereocenters. The number of rotatable bonds is 11. The van der Waals surface area contributed by atoms with Gasteiger partial charge in [-0.1, -0.05) is 0 Å². The summed E-state index contributed by atoms with van der Waals surface area (Å²) < 4.78 is 78.8. The second-order valence-electron chi connectivity index (χ2n) is 6.51. The average Bonchev–Trinajstić information content (AvgIpc) is 2.81. The normalized spacial score (nSPS) is 11.6. The van der Waals surface area contributed by atoms with Crippen LogP contribution >= 0.6 is 0 Å². The van der Waals surface area contributed by atoms with Gasteiger partial charge in [-0.05, 0) is 18.2 Å². The van der Waals surface area contributed by atoms with Gasteiger partial charge in [0.25, 0.3) is 10.0 Å². The van der Waals surface area contributed by atoms with Crippen LogP contribution in [0, 0.1) is 0 Å². The number of aliphatic carboxylic acids is 1. The highest BCUT2D eigenvalue weighted by Gasteiger charge is 2.43. The van der Waals surface area contributed by atoms with Gasteiger partial charge in [-0.15, -0.1) is 0 Å². The van der Waals surface area contributed by atoms with Crippen molar-refractivity contribution in [2.24, 2.45) is 0 Å². The maximum atomic E-state index is 13.3. The quantitative estimate of drug-likeness (QED) is 0.264. The van der Waals surface area contributed by atoms with E-state index in [0.717, 1.165) is 24.7 Å². The van der Waals surface area contributed by atoms with Gasteiger partial charge in [-0.25, -0.2) is 13.2 Å². The zero-order chi connectivity index (χ0) is 26.4. The number of sulfonamides is 1. The maximum Gasteiger partial charge on any atom is 0.388 e. The first-order valence-corrected chi connectivity index (χ1v) is 10.9. The van der Waals surface area contributed by atoms with Crippen LogP contribution in [-0.4, -0.2) is 54.7 Å². The van der Waals surface area contributed by atoms with Gasteiger partial charge < -0.3 is 33.6 Å². The number of hydrogen-bond donors (Lipinski definition) is 1. The Morgan fingerprint density at radius 2 is 1.49 bits per heavy atom. The molecule has 2 rings (SSSR count). The Hall–Kier alpha value is -4.07. The summed E-state index contributed by atoms with van der Waals surface area (Å²) in [4.78, 5) is 22.0. The molecular weight excluding hydrogens is 496 g/mol. The second-order valence-corrected chi connectivity index (χ2v) is 8.08. The van der Waals surface area contributed by atoms with Gasteiger partial charge >= 0.3 is 11.9 Å². The molecule has 0 saturated carbocycles. The molecule has 0 radical (unpaired) electrons. The van der Waals surface area contributed by atoms with Crippen molar-refractivity contribution in [3.05, 3.63) is 41.3 Å². The van der Waals surface area contributed by atoms with Crippen LogP contribution in [0.25, 0.3) is 6.08 Å². The number of nitrogens with one attached hydrogen (secondary N) is 1. The predicted molar refractivity (Wildman–Crippen MR) is 116 cm³/mol. The Kier molecular flexibility index (Phi) is 8.47. The second kappa shape index (κ2) is 10.9. The van der Waals surface area contributed by atoms with Crippen molar-refractivity contribution in [2.75, 3.05) is 33.2 Å². The number of benzene rings is 2. The number of carboxylic acids is 1. The van der Waals surface area contributed by atoms with Gasteiger partial charge in [0.1, 0.15) is 23.2 Å². The van der Waals surface area contributed by atoms with E-state index in [-0.39, 0.29) is 28.5 Å². The molecule has 1 N–H and O–H groups in total. The molecule has 0 aromatic heterocycles. The lowest BCUT2D eigenvalue weighted by atomic mass is 10.1. The van der Waals surface area contributed by atoms with E-state index >= 15 is 0 Å². The zero-order valence-electron chi connectivity index (χ0n) is 18.8. The summed E-state index contributed by atoms with van der Waals surface area (Å²) in [7, 11) is 1.06. The van der Waals surface area contributed by atoms with Crippen LogP contribution in [0.5, 0.6) is 28.7 Å². The molecular formula is C21H20F2NO10S-. The fraction of sp³-hybridized carbons (Fsp3) is 0.238. The molecule has 0 amide bonds. The lowest BCUT2D eigenvalue weighted by Gasteiger charge is -2.17. The van der Waals surface area contributed by atoms with E-state index in [1.54, 1.807) is 0 Å². The lowest BCUT2D eigenvalue weighted by molar-refractivity contribution is -0.326. The summed E-state index contributed by atoms with van der Waals surface area (Å²) in [5.41, 5.74) is 0.0544. The smallest absolute Gasteiger partial charge is 0.388 e. The minimum Gasteiger partial charge on any atom is -0.543 e. The van der Waals surface area contributed by atoms with E-state index in [1.807, 2.05) is 0 Å². The van der Waals surface area contributed by atoms with Gasteiger partial charge in [0.05, 0.1) is 45.1 Å². The number of methoxy groups -OCH3 is 4. The highest BCUT2D eigenvalue weighted by Crippen LogP contribution is 2.36. The summed E-state index contributed by atoms with van der Waals surface area (Å²) in [5.74, 6) is -10.4. The summed E-state index contributed by atoms with van der Waals surface area (Å²) >= 11 is 0. The minimum atomic E-state index is -4.94. The first-order valence-electron chi connectivity index (χ1n) is 9.39. The van der Waals surface area contributed by atoms with Crippen LogP contribution in [0.1, 0.15) is 5.56 Å². The molecule has 2 aromatic carbocycles. The topological polar surface area (TPSA) is 150 Å². The molecule has 0 aliphatic carbocycles. The van der Waals surface area contributed by atoms with Crippen molar-refractivity contribution in [3.8, 4) is 28.7 Å². The van der Waals surface area contributed by atoms with Gasteiger partial charge in [0, 0.05) is 18.2 Å². The Labute approximate surface area is 198 Å². The first-order chi connectivity index (χ1) is 16.4. The number of carbonyl (C=O) groups is 2. The van der Waals surface area contributed by atoms with Crippen molar-refractivity contribution in [1.29, 1.82) is 0 Å². The lowest BCUT2D eigenvalue weighted by Crippen LogP contribution is -2.49. The van der Waals surface area contributed by atoms with Crippen molar-refractivity contribution >= 4 is 33.7 Å². The Morgan fingerprint density at radius 3 is 1.97 bits per heavy atom. The predicted octanol–water partition coefficient (Wildman–Crippen LogP) is 1.42. The third-order valence-electron chi connectivity index (χ3n) is 4.31. The molecule has 2 aromatic rings. The molecule has 190 valence electrons. The highest BCUT2D eigenvalue weighted by molar-refractivity contribution is 7.95. The molecule has 0 heterocycles. The Morgan fingerprint density at radius 1 is 0.914 bits per heavy atom. The molecule has 0 saturated heterocycles. The molecule has 14 heteroatoms. The van der Waals surface area contributed by atoms with Crippen LogP contribution in [0.4, 0.5) is 14.5 Å². The van der Waals surface area contributed by atoms with E-state index in [0.29, 0.717) is 5.75 Å². The van der Waals surface area contributed by atoms with Crippen LogP contribution < -0.4 is 33.5 Å². The molecule has 0 aliphatic rings. The molecule has 35 heavy (non-hydrogen) atoms. The number of esters is 1. The number of carbonyl (C=O) groups excluding carboxylic acids is 2. The van der Waals surface area contributed by atoms with Crippen molar-refractivity contribution in [1.82, 2.24) is 0 Å². The maximum absolute atomic E-state index is 13.3. The molecule has 0 atom stereocenters. The third kappa shape index (κ3) is 6.50.